The molecule has 0 bridgehead atoms. The lowest BCUT2D eigenvalue weighted by molar-refractivity contribution is -0.120. The van der Waals surface area contributed by atoms with Gasteiger partial charge >= 0.3 is 0 Å². The molecule has 22 heavy (non-hydrogen) atoms. The van der Waals surface area contributed by atoms with E-state index in [9.17, 15) is 4.79 Å². The number of carbonyl (C=O) groups is 1. The average Bonchev–Trinajstić information content (AvgIpc) is 2.53. The molecule has 0 aliphatic heterocycles. The third-order valence-electron chi connectivity index (χ3n) is 4.32. The van der Waals surface area contributed by atoms with Gasteiger partial charge in [0.2, 0.25) is 5.91 Å². The number of benzene rings is 2. The highest BCUT2D eigenvalue weighted by Gasteiger charge is 2.14. The van der Waals surface area contributed by atoms with Gasteiger partial charge in [-0.15, -0.1) is 0 Å². The molecule has 1 amide bonds. The zero-order valence-electron chi connectivity index (χ0n) is 13.0. The van der Waals surface area contributed by atoms with E-state index in [1.165, 1.54) is 18.2 Å². The SMILES string of the molecule is CC1CCCC(=NNC(=O)Cc2cccc3ccccc23)C1. The fraction of sp³-hybridized carbons (Fsp3) is 0.368. The fourth-order valence-electron chi connectivity index (χ4n) is 3.16. The van der Waals surface area contributed by atoms with Gasteiger partial charge in [-0.25, -0.2) is 5.43 Å². The van der Waals surface area contributed by atoms with Crippen molar-refractivity contribution in [3.63, 3.8) is 0 Å². The van der Waals surface area contributed by atoms with E-state index in [-0.39, 0.29) is 5.91 Å². The molecule has 2 aromatic rings. The summed E-state index contributed by atoms with van der Waals surface area (Å²) in [5, 5.41) is 6.63. The van der Waals surface area contributed by atoms with Crippen molar-refractivity contribution in [1.82, 2.24) is 5.43 Å². The first-order chi connectivity index (χ1) is 10.7. The van der Waals surface area contributed by atoms with Crippen molar-refractivity contribution >= 4 is 22.4 Å². The van der Waals surface area contributed by atoms with Crippen LogP contribution in [0.3, 0.4) is 0 Å². The van der Waals surface area contributed by atoms with Crippen LogP contribution in [-0.2, 0) is 11.2 Å². The molecule has 3 heteroatoms. The van der Waals surface area contributed by atoms with Crippen LogP contribution >= 0.6 is 0 Å². The Morgan fingerprint density at radius 3 is 2.91 bits per heavy atom. The van der Waals surface area contributed by atoms with Gasteiger partial charge in [0.1, 0.15) is 0 Å². The molecular formula is C19H22N2O. The van der Waals surface area contributed by atoms with Gasteiger partial charge in [0.05, 0.1) is 6.42 Å². The monoisotopic (exact) mass is 294 g/mol. The molecule has 3 nitrogen and oxygen atoms in total. The zero-order valence-corrected chi connectivity index (χ0v) is 13.0. The van der Waals surface area contributed by atoms with Crippen LogP contribution < -0.4 is 5.43 Å². The van der Waals surface area contributed by atoms with Gasteiger partial charge in [0.25, 0.3) is 0 Å². The second kappa shape index (κ2) is 6.73. The standard InChI is InChI=1S/C19H22N2O/c1-14-6-4-10-17(12-14)20-21-19(22)13-16-9-5-8-15-7-2-3-11-18(15)16/h2-3,5,7-9,11,14H,4,6,10,12-13H2,1H3,(H,21,22). The summed E-state index contributed by atoms with van der Waals surface area (Å²) in [4.78, 5) is 12.2. The summed E-state index contributed by atoms with van der Waals surface area (Å²) in [6.45, 7) is 2.24. The van der Waals surface area contributed by atoms with Gasteiger partial charge < -0.3 is 0 Å². The quantitative estimate of drug-likeness (QED) is 0.852. The Labute approximate surface area is 131 Å². The van der Waals surface area contributed by atoms with E-state index < -0.39 is 0 Å². The first kappa shape index (κ1) is 14.8. The van der Waals surface area contributed by atoms with Crippen LogP contribution in [0.15, 0.2) is 47.6 Å². The van der Waals surface area contributed by atoms with Crippen molar-refractivity contribution < 1.29 is 4.79 Å². The summed E-state index contributed by atoms with van der Waals surface area (Å²) >= 11 is 0. The van der Waals surface area contributed by atoms with E-state index in [1.807, 2.05) is 24.3 Å². The van der Waals surface area contributed by atoms with Gasteiger partial charge in [0, 0.05) is 5.71 Å². The van der Waals surface area contributed by atoms with Crippen LogP contribution in [0.1, 0.15) is 38.2 Å². The Bertz CT molecular complexity index is 700. The largest absolute Gasteiger partial charge is 0.273 e. The Balaban J connectivity index is 1.67. The predicted octanol–water partition coefficient (Wildman–Crippen LogP) is 4.06. The van der Waals surface area contributed by atoms with Crippen molar-refractivity contribution in [2.45, 2.75) is 39.0 Å². The lowest BCUT2D eigenvalue weighted by Gasteiger charge is -2.18. The lowest BCUT2D eigenvalue weighted by Crippen LogP contribution is -2.23. The minimum Gasteiger partial charge on any atom is -0.273 e. The molecule has 1 fully saturated rings. The normalized spacial score (nSPS) is 20.2. The van der Waals surface area contributed by atoms with Gasteiger partial charge in [-0.3, -0.25) is 4.79 Å². The number of amides is 1. The topological polar surface area (TPSA) is 41.5 Å². The van der Waals surface area contributed by atoms with Gasteiger partial charge in [0.15, 0.2) is 0 Å². The minimum absolute atomic E-state index is 0.0397. The second-order valence-electron chi connectivity index (χ2n) is 6.23. The molecule has 0 aromatic heterocycles. The summed E-state index contributed by atoms with van der Waals surface area (Å²) in [6, 6.07) is 14.2. The molecule has 1 aliphatic rings. The van der Waals surface area contributed by atoms with E-state index in [2.05, 4.69) is 35.7 Å². The molecule has 0 heterocycles. The molecule has 0 saturated heterocycles. The van der Waals surface area contributed by atoms with Crippen molar-refractivity contribution in [3.05, 3.63) is 48.0 Å². The molecule has 0 spiro atoms. The third kappa shape index (κ3) is 3.53. The molecule has 2 aromatic carbocycles. The van der Waals surface area contributed by atoms with Crippen LogP contribution in [0, 0.1) is 5.92 Å². The van der Waals surface area contributed by atoms with Crippen molar-refractivity contribution in [3.8, 4) is 0 Å². The maximum Gasteiger partial charge on any atom is 0.244 e. The summed E-state index contributed by atoms with van der Waals surface area (Å²) in [6.07, 6.45) is 4.84. The van der Waals surface area contributed by atoms with Gasteiger partial charge in [-0.2, -0.15) is 5.10 Å². The number of nitrogens with zero attached hydrogens (tertiary/aromatic N) is 1. The Hall–Kier alpha value is -2.16. The molecule has 1 aliphatic carbocycles. The molecule has 1 saturated carbocycles. The molecule has 1 unspecified atom stereocenters. The number of carbonyl (C=O) groups excluding carboxylic acids is 1. The third-order valence-corrected chi connectivity index (χ3v) is 4.32. The second-order valence-corrected chi connectivity index (χ2v) is 6.23. The van der Waals surface area contributed by atoms with Crippen LogP contribution in [0.2, 0.25) is 0 Å². The number of rotatable bonds is 3. The zero-order chi connectivity index (χ0) is 15.4. The van der Waals surface area contributed by atoms with E-state index in [0.717, 1.165) is 29.5 Å². The number of nitrogens with one attached hydrogen (secondary N) is 1. The first-order valence-corrected chi connectivity index (χ1v) is 8.03. The number of hydrogen-bond donors (Lipinski definition) is 1. The minimum atomic E-state index is -0.0397. The van der Waals surface area contributed by atoms with Crippen LogP contribution in [0.25, 0.3) is 10.8 Å². The van der Waals surface area contributed by atoms with Crippen molar-refractivity contribution in [1.29, 1.82) is 0 Å². The lowest BCUT2D eigenvalue weighted by atomic mass is 9.89. The molecular weight excluding hydrogens is 272 g/mol. The Kier molecular flexibility index (Phi) is 4.52. The summed E-state index contributed by atoms with van der Waals surface area (Å²) in [5.41, 5.74) is 4.91. The molecule has 1 N–H and O–H groups in total. The molecule has 0 radical (unpaired) electrons. The number of hydrogen-bond acceptors (Lipinski definition) is 2. The highest BCUT2D eigenvalue weighted by atomic mass is 16.2. The molecule has 1 atom stereocenters. The van der Waals surface area contributed by atoms with Crippen LogP contribution in [0.5, 0.6) is 0 Å². The summed E-state index contributed by atoms with van der Waals surface area (Å²) < 4.78 is 0. The van der Waals surface area contributed by atoms with E-state index in [0.29, 0.717) is 12.3 Å². The van der Waals surface area contributed by atoms with E-state index >= 15 is 0 Å². The van der Waals surface area contributed by atoms with E-state index in [1.54, 1.807) is 0 Å². The van der Waals surface area contributed by atoms with Crippen molar-refractivity contribution in [2.24, 2.45) is 11.0 Å². The molecule has 114 valence electrons. The smallest absolute Gasteiger partial charge is 0.244 e. The average molecular weight is 294 g/mol. The highest BCUT2D eigenvalue weighted by molar-refractivity contribution is 5.91. The Morgan fingerprint density at radius 1 is 1.23 bits per heavy atom. The highest BCUT2D eigenvalue weighted by Crippen LogP contribution is 2.21. The van der Waals surface area contributed by atoms with Crippen molar-refractivity contribution in [2.75, 3.05) is 0 Å². The van der Waals surface area contributed by atoms with E-state index in [4.69, 9.17) is 0 Å². The first-order valence-electron chi connectivity index (χ1n) is 8.03. The summed E-state index contributed by atoms with van der Waals surface area (Å²) in [7, 11) is 0. The van der Waals surface area contributed by atoms with Crippen LogP contribution in [-0.4, -0.2) is 11.6 Å². The Morgan fingerprint density at radius 2 is 2.05 bits per heavy atom. The predicted molar refractivity (Wildman–Crippen MR) is 90.9 cm³/mol. The number of fused-ring (bicyclic) bond motifs is 1. The molecule has 3 rings (SSSR count). The van der Waals surface area contributed by atoms with Gasteiger partial charge in [-0.1, -0.05) is 49.4 Å². The maximum atomic E-state index is 12.2. The summed E-state index contributed by atoms with van der Waals surface area (Å²) in [5.74, 6) is 0.643. The number of hydrazone groups is 1. The fourth-order valence-corrected chi connectivity index (χ4v) is 3.16. The van der Waals surface area contributed by atoms with Gasteiger partial charge in [-0.05, 0) is 47.9 Å². The maximum absolute atomic E-state index is 12.2. The van der Waals surface area contributed by atoms with Crippen LogP contribution in [0.4, 0.5) is 0 Å².